The van der Waals surface area contributed by atoms with Gasteiger partial charge in [0.1, 0.15) is 11.3 Å². The van der Waals surface area contributed by atoms with Crippen LogP contribution in [0.4, 0.5) is 5.69 Å². The number of aromatic nitrogens is 2. The summed E-state index contributed by atoms with van der Waals surface area (Å²) < 4.78 is 5.40. The number of ether oxygens (including phenoxy) is 1. The summed E-state index contributed by atoms with van der Waals surface area (Å²) in [6.07, 6.45) is 0.572. The molecular weight excluding hydrogens is 330 g/mol. The fourth-order valence-corrected chi connectivity index (χ4v) is 3.76. The second-order valence-corrected chi connectivity index (χ2v) is 6.15. The van der Waals surface area contributed by atoms with Crippen LogP contribution >= 0.6 is 11.6 Å². The standard InChI is InChI=1S/C16H12ClN5O2/c1-2-10-12-14(22-21-10)24-13(19)9(6-18)16(12)8-5-7(17)3-4-11(8)20-15(16)23/h3-5,9,19H,2H2,1H3,(H,20,23)(H,21,22). The minimum Gasteiger partial charge on any atom is -0.422 e. The first-order chi connectivity index (χ1) is 11.5. The van der Waals surface area contributed by atoms with Gasteiger partial charge in [-0.25, -0.2) is 0 Å². The van der Waals surface area contributed by atoms with Crippen molar-refractivity contribution < 1.29 is 9.53 Å². The van der Waals surface area contributed by atoms with Gasteiger partial charge in [0.05, 0.1) is 11.6 Å². The number of rotatable bonds is 1. The first-order valence-electron chi connectivity index (χ1n) is 7.39. The third kappa shape index (κ3) is 1.58. The summed E-state index contributed by atoms with van der Waals surface area (Å²) in [5.41, 5.74) is 0.954. The first-order valence-corrected chi connectivity index (χ1v) is 7.76. The molecule has 120 valence electrons. The predicted molar refractivity (Wildman–Crippen MR) is 86.3 cm³/mol. The highest BCUT2D eigenvalue weighted by Crippen LogP contribution is 2.54. The highest BCUT2D eigenvalue weighted by Gasteiger charge is 2.61. The quantitative estimate of drug-likeness (QED) is 0.738. The van der Waals surface area contributed by atoms with Crippen LogP contribution in [0.2, 0.25) is 5.02 Å². The van der Waals surface area contributed by atoms with Crippen molar-refractivity contribution >= 4 is 29.1 Å². The number of carbonyl (C=O) groups is 1. The maximum atomic E-state index is 13.1. The zero-order valence-electron chi connectivity index (χ0n) is 12.6. The van der Waals surface area contributed by atoms with Gasteiger partial charge in [0.15, 0.2) is 0 Å². The number of amides is 1. The lowest BCUT2D eigenvalue weighted by Crippen LogP contribution is -2.50. The minimum atomic E-state index is -1.39. The van der Waals surface area contributed by atoms with Crippen molar-refractivity contribution in [2.45, 2.75) is 18.8 Å². The fourth-order valence-electron chi connectivity index (χ4n) is 3.58. The second-order valence-electron chi connectivity index (χ2n) is 5.72. The number of hydrogen-bond donors (Lipinski definition) is 3. The molecule has 0 fully saturated rings. The maximum absolute atomic E-state index is 13.1. The van der Waals surface area contributed by atoms with Crippen LogP contribution in [0.1, 0.15) is 23.7 Å². The molecule has 0 radical (unpaired) electrons. The van der Waals surface area contributed by atoms with Crippen molar-refractivity contribution in [3.63, 3.8) is 0 Å². The summed E-state index contributed by atoms with van der Waals surface area (Å²) in [5.74, 6) is -1.63. The number of anilines is 1. The number of H-pyrrole nitrogens is 1. The number of halogens is 1. The Kier molecular flexibility index (Phi) is 2.96. The zero-order valence-corrected chi connectivity index (χ0v) is 13.4. The van der Waals surface area contributed by atoms with Gasteiger partial charge < -0.3 is 10.1 Å². The molecule has 7 nitrogen and oxygen atoms in total. The molecule has 8 heteroatoms. The molecule has 0 saturated carbocycles. The third-order valence-corrected chi connectivity index (χ3v) is 4.83. The number of nitriles is 1. The van der Waals surface area contributed by atoms with E-state index >= 15 is 0 Å². The minimum absolute atomic E-state index is 0.159. The Morgan fingerprint density at radius 3 is 3.04 bits per heavy atom. The lowest BCUT2D eigenvalue weighted by Gasteiger charge is -2.35. The lowest BCUT2D eigenvalue weighted by molar-refractivity contribution is -0.120. The summed E-state index contributed by atoms with van der Waals surface area (Å²) in [6, 6.07) is 7.09. The number of aromatic amines is 1. The van der Waals surface area contributed by atoms with E-state index in [9.17, 15) is 10.1 Å². The molecule has 0 bridgehead atoms. The van der Waals surface area contributed by atoms with E-state index < -0.39 is 11.3 Å². The van der Waals surface area contributed by atoms with E-state index in [4.69, 9.17) is 21.7 Å². The molecule has 2 atom stereocenters. The molecule has 3 N–H and O–H groups in total. The molecule has 4 rings (SSSR count). The molecule has 2 aliphatic rings. The molecule has 2 unspecified atom stereocenters. The van der Waals surface area contributed by atoms with Crippen LogP contribution in [0, 0.1) is 22.7 Å². The summed E-state index contributed by atoms with van der Waals surface area (Å²) in [4.78, 5) is 13.1. The number of fused-ring (bicyclic) bond motifs is 4. The summed E-state index contributed by atoms with van der Waals surface area (Å²) in [5, 5.41) is 28.0. The van der Waals surface area contributed by atoms with Gasteiger partial charge in [0.2, 0.25) is 17.7 Å². The van der Waals surface area contributed by atoms with Crippen molar-refractivity contribution in [2.75, 3.05) is 5.32 Å². The van der Waals surface area contributed by atoms with Gasteiger partial charge in [-0.1, -0.05) is 18.5 Å². The summed E-state index contributed by atoms with van der Waals surface area (Å²) >= 11 is 6.15. The molecule has 2 aliphatic heterocycles. The highest BCUT2D eigenvalue weighted by molar-refractivity contribution is 6.31. The second kappa shape index (κ2) is 4.82. The number of aryl methyl sites for hydroxylation is 1. The highest BCUT2D eigenvalue weighted by atomic mass is 35.5. The van der Waals surface area contributed by atoms with E-state index in [1.54, 1.807) is 18.2 Å². The molecule has 3 heterocycles. The third-order valence-electron chi connectivity index (χ3n) is 4.60. The van der Waals surface area contributed by atoms with Gasteiger partial charge in [-0.05, 0) is 30.2 Å². The fraction of sp³-hybridized carbons (Fsp3) is 0.250. The van der Waals surface area contributed by atoms with E-state index in [0.717, 1.165) is 0 Å². The summed E-state index contributed by atoms with van der Waals surface area (Å²) in [7, 11) is 0. The van der Waals surface area contributed by atoms with E-state index in [2.05, 4.69) is 21.6 Å². The van der Waals surface area contributed by atoms with Crippen molar-refractivity contribution in [1.82, 2.24) is 10.2 Å². The summed E-state index contributed by atoms with van der Waals surface area (Å²) in [6.45, 7) is 1.91. The number of nitrogens with one attached hydrogen (secondary N) is 3. The van der Waals surface area contributed by atoms with Crippen molar-refractivity contribution in [1.29, 1.82) is 10.7 Å². The van der Waals surface area contributed by atoms with E-state index in [0.29, 0.717) is 34.0 Å². The smallest absolute Gasteiger partial charge is 0.244 e. The van der Waals surface area contributed by atoms with Gasteiger partial charge in [-0.2, -0.15) is 5.26 Å². The number of benzene rings is 1. The average molecular weight is 342 g/mol. The van der Waals surface area contributed by atoms with E-state index in [1.165, 1.54) is 0 Å². The molecule has 2 aromatic rings. The van der Waals surface area contributed by atoms with E-state index in [1.807, 2.05) is 6.92 Å². The topological polar surface area (TPSA) is 115 Å². The largest absolute Gasteiger partial charge is 0.422 e. The van der Waals surface area contributed by atoms with Gasteiger partial charge in [0.25, 0.3) is 0 Å². The van der Waals surface area contributed by atoms with Gasteiger partial charge in [-0.3, -0.25) is 15.3 Å². The molecule has 0 aliphatic carbocycles. The number of carbonyl (C=O) groups excluding carboxylic acids is 1. The monoisotopic (exact) mass is 341 g/mol. The molecule has 0 saturated heterocycles. The Bertz CT molecular complexity index is 944. The Hall–Kier alpha value is -2.85. The predicted octanol–water partition coefficient (Wildman–Crippen LogP) is 2.37. The molecule has 1 aromatic heterocycles. The Balaban J connectivity index is 2.15. The van der Waals surface area contributed by atoms with Crippen LogP contribution in [-0.2, 0) is 16.6 Å². The van der Waals surface area contributed by atoms with Crippen molar-refractivity contribution in [2.24, 2.45) is 5.92 Å². The first kappa shape index (κ1) is 14.7. The molecule has 1 aromatic carbocycles. The Labute approximate surface area is 142 Å². The van der Waals surface area contributed by atoms with Crippen LogP contribution in [0.3, 0.4) is 0 Å². The Morgan fingerprint density at radius 1 is 1.54 bits per heavy atom. The lowest BCUT2D eigenvalue weighted by atomic mass is 9.65. The van der Waals surface area contributed by atoms with Crippen molar-refractivity contribution in [3.8, 4) is 11.9 Å². The van der Waals surface area contributed by atoms with Gasteiger partial charge in [-0.15, -0.1) is 5.10 Å². The molecule has 1 spiro atoms. The molecule has 24 heavy (non-hydrogen) atoms. The number of nitrogens with zero attached hydrogens (tertiary/aromatic N) is 2. The average Bonchev–Trinajstić information content (AvgIpc) is 3.08. The van der Waals surface area contributed by atoms with Crippen LogP contribution in [0.5, 0.6) is 5.88 Å². The molecular formula is C16H12ClN5O2. The van der Waals surface area contributed by atoms with Gasteiger partial charge >= 0.3 is 0 Å². The van der Waals surface area contributed by atoms with Crippen LogP contribution in [0.15, 0.2) is 18.2 Å². The zero-order chi connectivity index (χ0) is 17.1. The Morgan fingerprint density at radius 2 is 2.33 bits per heavy atom. The van der Waals surface area contributed by atoms with E-state index in [-0.39, 0.29) is 17.7 Å². The van der Waals surface area contributed by atoms with Crippen molar-refractivity contribution in [3.05, 3.63) is 40.0 Å². The van der Waals surface area contributed by atoms with Gasteiger partial charge in [0, 0.05) is 16.4 Å². The van der Waals surface area contributed by atoms with Crippen LogP contribution in [0.25, 0.3) is 0 Å². The number of hydrogen-bond acceptors (Lipinski definition) is 5. The maximum Gasteiger partial charge on any atom is 0.244 e. The van der Waals surface area contributed by atoms with Crippen LogP contribution in [-0.4, -0.2) is 22.0 Å². The molecule has 1 amide bonds. The SMILES string of the molecule is CCc1[nH]nc2c1C1(C(=O)Nc3ccc(Cl)cc31)C(C#N)C(=N)O2. The normalized spacial score (nSPS) is 24.1. The van der Waals surface area contributed by atoms with Crippen LogP contribution < -0.4 is 10.1 Å².